The van der Waals surface area contributed by atoms with Crippen LogP contribution in [0.15, 0.2) is 48.7 Å². The molecule has 0 radical (unpaired) electrons. The third-order valence-corrected chi connectivity index (χ3v) is 5.39. The molecule has 2 fully saturated rings. The molecule has 146 valence electrons. The summed E-state index contributed by atoms with van der Waals surface area (Å²) in [4.78, 5) is 18.9. The van der Waals surface area contributed by atoms with Gasteiger partial charge in [-0.05, 0) is 49.4 Å². The number of likely N-dealkylation sites (tertiary alicyclic amines) is 1. The molecule has 2 saturated heterocycles. The highest BCUT2D eigenvalue weighted by Gasteiger charge is 2.38. The molecule has 1 spiro atoms. The van der Waals surface area contributed by atoms with Gasteiger partial charge in [-0.2, -0.15) is 0 Å². The molecule has 5 nitrogen and oxygen atoms in total. The first-order chi connectivity index (χ1) is 12.2. The third kappa shape index (κ3) is 4.92. The van der Waals surface area contributed by atoms with Crippen LogP contribution in [0.4, 0.5) is 0 Å². The molecule has 2 aliphatic rings. The molecule has 3 heterocycles. The minimum absolute atomic E-state index is 0. The number of hydrogen-bond donors (Lipinski definition) is 1. The lowest BCUT2D eigenvalue weighted by Gasteiger charge is -2.38. The van der Waals surface area contributed by atoms with E-state index in [0.29, 0.717) is 16.9 Å². The average Bonchev–Trinajstić information content (AvgIpc) is 3.11. The molecule has 4 rings (SSSR count). The van der Waals surface area contributed by atoms with Crippen LogP contribution in [0.2, 0.25) is 0 Å². The highest BCUT2D eigenvalue weighted by Crippen LogP contribution is 2.37. The summed E-state index contributed by atoms with van der Waals surface area (Å²) in [5.41, 5.74) is 1.04. The Morgan fingerprint density at radius 3 is 2.37 bits per heavy atom. The van der Waals surface area contributed by atoms with Gasteiger partial charge in [-0.1, -0.05) is 18.2 Å². The summed E-state index contributed by atoms with van der Waals surface area (Å²) in [5.74, 6) is 1.30. The van der Waals surface area contributed by atoms with Gasteiger partial charge >= 0.3 is 0 Å². The molecule has 7 heteroatoms. The number of ether oxygens (including phenoxy) is 1. The van der Waals surface area contributed by atoms with Crippen molar-refractivity contribution >= 4 is 30.7 Å². The van der Waals surface area contributed by atoms with Crippen molar-refractivity contribution in [1.82, 2.24) is 15.2 Å². The number of nitrogens with zero attached hydrogens (tertiary/aromatic N) is 2. The average molecular weight is 410 g/mol. The lowest BCUT2D eigenvalue weighted by molar-refractivity contribution is 0.0607. The lowest BCUT2D eigenvalue weighted by atomic mass is 9.78. The molecule has 2 aliphatic heterocycles. The van der Waals surface area contributed by atoms with Crippen LogP contribution in [-0.4, -0.2) is 42.0 Å². The predicted octanol–water partition coefficient (Wildman–Crippen LogP) is 3.93. The smallest absolute Gasteiger partial charge is 0.255 e. The highest BCUT2D eigenvalue weighted by molar-refractivity contribution is 5.94. The van der Waals surface area contributed by atoms with Crippen LogP contribution < -0.4 is 10.1 Å². The molecule has 0 bridgehead atoms. The van der Waals surface area contributed by atoms with E-state index in [1.54, 1.807) is 18.3 Å². The van der Waals surface area contributed by atoms with E-state index in [4.69, 9.17) is 4.74 Å². The molecule has 1 amide bonds. The normalized spacial score (nSPS) is 17.7. The number of piperidine rings is 1. The van der Waals surface area contributed by atoms with E-state index < -0.39 is 0 Å². The Morgan fingerprint density at radius 2 is 1.78 bits per heavy atom. The van der Waals surface area contributed by atoms with Crippen molar-refractivity contribution in [1.29, 1.82) is 0 Å². The monoisotopic (exact) mass is 409 g/mol. The van der Waals surface area contributed by atoms with Crippen LogP contribution in [0.3, 0.4) is 0 Å². The number of halogens is 2. The zero-order valence-electron chi connectivity index (χ0n) is 15.1. The first-order valence-corrected chi connectivity index (χ1v) is 8.93. The van der Waals surface area contributed by atoms with Crippen LogP contribution in [0, 0.1) is 5.41 Å². The van der Waals surface area contributed by atoms with Gasteiger partial charge < -0.3 is 15.0 Å². The van der Waals surface area contributed by atoms with Crippen LogP contribution in [0.5, 0.6) is 11.6 Å². The number of nitrogens with one attached hydrogen (secondary N) is 1. The second-order valence-electron chi connectivity index (χ2n) is 7.02. The van der Waals surface area contributed by atoms with Crippen molar-refractivity contribution in [2.24, 2.45) is 5.41 Å². The second-order valence-corrected chi connectivity index (χ2v) is 7.02. The topological polar surface area (TPSA) is 54.5 Å². The molecule has 2 aromatic rings. The second kappa shape index (κ2) is 9.40. The summed E-state index contributed by atoms with van der Waals surface area (Å²) >= 11 is 0. The molecule has 27 heavy (non-hydrogen) atoms. The number of hydrogen-bond acceptors (Lipinski definition) is 4. The summed E-state index contributed by atoms with van der Waals surface area (Å²) in [6, 6.07) is 13.1. The zero-order chi connectivity index (χ0) is 17.1. The number of pyridine rings is 1. The third-order valence-electron chi connectivity index (χ3n) is 5.39. The van der Waals surface area contributed by atoms with Gasteiger partial charge in [0.15, 0.2) is 0 Å². The van der Waals surface area contributed by atoms with E-state index >= 15 is 0 Å². The Bertz CT molecular complexity index is 725. The SMILES string of the molecule is Cl.Cl.O=C(c1ccc(Oc2ccccc2)nc1)N1CCC2(CCNC2)CC1. The maximum atomic E-state index is 12.7. The Balaban J connectivity index is 0.00000131. The highest BCUT2D eigenvalue weighted by atomic mass is 35.5. The van der Waals surface area contributed by atoms with E-state index in [0.717, 1.165) is 44.8 Å². The summed E-state index contributed by atoms with van der Waals surface area (Å²) in [6.07, 6.45) is 5.03. The first-order valence-electron chi connectivity index (χ1n) is 8.93. The quantitative estimate of drug-likeness (QED) is 0.833. The van der Waals surface area contributed by atoms with Gasteiger partial charge in [-0.15, -0.1) is 24.8 Å². The van der Waals surface area contributed by atoms with Crippen molar-refractivity contribution in [2.75, 3.05) is 26.2 Å². The number of carbonyl (C=O) groups excluding carboxylic acids is 1. The summed E-state index contributed by atoms with van der Waals surface area (Å²) in [6.45, 7) is 3.88. The molecule has 0 aliphatic carbocycles. The van der Waals surface area contributed by atoms with Crippen LogP contribution >= 0.6 is 24.8 Å². The number of rotatable bonds is 3. The minimum Gasteiger partial charge on any atom is -0.439 e. The molecule has 0 unspecified atom stereocenters. The molecule has 1 N–H and O–H groups in total. The van der Waals surface area contributed by atoms with E-state index in [9.17, 15) is 4.79 Å². The summed E-state index contributed by atoms with van der Waals surface area (Å²) < 4.78 is 5.68. The van der Waals surface area contributed by atoms with Crippen molar-refractivity contribution < 1.29 is 9.53 Å². The van der Waals surface area contributed by atoms with Gasteiger partial charge in [0.2, 0.25) is 5.88 Å². The Kier molecular flexibility index (Phi) is 7.48. The number of aromatic nitrogens is 1. The lowest BCUT2D eigenvalue weighted by Crippen LogP contribution is -2.44. The maximum Gasteiger partial charge on any atom is 0.255 e. The van der Waals surface area contributed by atoms with Gasteiger partial charge in [0.1, 0.15) is 5.75 Å². The minimum atomic E-state index is 0. The number of amides is 1. The van der Waals surface area contributed by atoms with Gasteiger partial charge in [0, 0.05) is 31.9 Å². The molecular weight excluding hydrogens is 385 g/mol. The van der Waals surface area contributed by atoms with E-state index in [1.807, 2.05) is 35.2 Å². The molecule has 0 saturated carbocycles. The molecular formula is C20H25Cl2N3O2. The van der Waals surface area contributed by atoms with Crippen molar-refractivity contribution in [3.8, 4) is 11.6 Å². The van der Waals surface area contributed by atoms with Gasteiger partial charge in [0.05, 0.1) is 5.56 Å². The fourth-order valence-electron chi connectivity index (χ4n) is 3.77. The first kappa shape index (κ1) is 21.5. The molecule has 1 aromatic heterocycles. The van der Waals surface area contributed by atoms with Crippen LogP contribution in [0.1, 0.15) is 29.6 Å². The number of carbonyl (C=O) groups is 1. The number of para-hydroxylation sites is 1. The Labute approximate surface area is 172 Å². The predicted molar refractivity (Wildman–Crippen MR) is 110 cm³/mol. The van der Waals surface area contributed by atoms with Gasteiger partial charge in [-0.3, -0.25) is 4.79 Å². The standard InChI is InChI=1S/C20H23N3O2.2ClH/c24-19(23-12-9-20(10-13-23)8-11-21-15-20)16-6-7-18(22-14-16)25-17-4-2-1-3-5-17;;/h1-7,14,21H,8-13,15H2;2*1H. The fraction of sp³-hybridized carbons (Fsp3) is 0.400. The summed E-state index contributed by atoms with van der Waals surface area (Å²) in [5, 5.41) is 3.46. The van der Waals surface area contributed by atoms with Crippen molar-refractivity contribution in [2.45, 2.75) is 19.3 Å². The Morgan fingerprint density at radius 1 is 1.04 bits per heavy atom. The van der Waals surface area contributed by atoms with Crippen LogP contribution in [-0.2, 0) is 0 Å². The van der Waals surface area contributed by atoms with Gasteiger partial charge in [-0.25, -0.2) is 4.98 Å². The van der Waals surface area contributed by atoms with E-state index in [2.05, 4.69) is 10.3 Å². The van der Waals surface area contributed by atoms with Gasteiger partial charge in [0.25, 0.3) is 5.91 Å². The van der Waals surface area contributed by atoms with E-state index in [1.165, 1.54) is 6.42 Å². The molecule has 0 atom stereocenters. The van der Waals surface area contributed by atoms with E-state index in [-0.39, 0.29) is 30.7 Å². The maximum absolute atomic E-state index is 12.7. The zero-order valence-corrected chi connectivity index (χ0v) is 16.7. The largest absolute Gasteiger partial charge is 0.439 e. The number of benzene rings is 1. The van der Waals surface area contributed by atoms with Crippen molar-refractivity contribution in [3.05, 3.63) is 54.2 Å². The summed E-state index contributed by atoms with van der Waals surface area (Å²) in [7, 11) is 0. The molecule has 1 aromatic carbocycles. The Hall–Kier alpha value is -1.82. The van der Waals surface area contributed by atoms with Crippen LogP contribution in [0.25, 0.3) is 0 Å². The fourth-order valence-corrected chi connectivity index (χ4v) is 3.77. The van der Waals surface area contributed by atoms with Crippen molar-refractivity contribution in [3.63, 3.8) is 0 Å².